The van der Waals surface area contributed by atoms with Crippen LogP contribution in [-0.4, -0.2) is 126 Å². The molecule has 5 aromatic rings. The van der Waals surface area contributed by atoms with Gasteiger partial charge in [-0.15, -0.1) is 0 Å². The molecule has 0 bridgehead atoms. The van der Waals surface area contributed by atoms with Gasteiger partial charge in [-0.2, -0.15) is 30.8 Å². The van der Waals surface area contributed by atoms with Crippen molar-refractivity contribution in [1.82, 2.24) is 61.2 Å². The molecule has 3 aliphatic heterocycles. The van der Waals surface area contributed by atoms with Gasteiger partial charge in [0, 0.05) is 44.3 Å². The third kappa shape index (κ3) is 8.64. The number of benzene rings is 2. The molecule has 19 heteroatoms. The molecule has 2 fully saturated rings. The number of carbonyl (C=O) groups is 4. The third-order valence-electron chi connectivity index (χ3n) is 11.2. The normalized spacial score (nSPS) is 18.4. The summed E-state index contributed by atoms with van der Waals surface area (Å²) >= 11 is 0. The highest BCUT2D eigenvalue weighted by atomic mass is 16.5. The second-order valence-corrected chi connectivity index (χ2v) is 14.9. The van der Waals surface area contributed by atoms with E-state index in [1.165, 1.54) is 26.6 Å². The maximum atomic E-state index is 13.8. The number of allylic oxidation sites excluding steroid dienone is 1. The van der Waals surface area contributed by atoms with E-state index >= 15 is 0 Å². The van der Waals surface area contributed by atoms with Crippen molar-refractivity contribution in [1.29, 1.82) is 0 Å². The maximum absolute atomic E-state index is 13.8. The Morgan fingerprint density at radius 3 is 1.77 bits per heavy atom. The minimum absolute atomic E-state index is 0.162. The van der Waals surface area contributed by atoms with Crippen molar-refractivity contribution in [2.24, 2.45) is 4.99 Å². The summed E-state index contributed by atoms with van der Waals surface area (Å²) in [6, 6.07) is 14.4. The molecule has 4 atom stereocenters. The fourth-order valence-electron chi connectivity index (χ4n) is 8.16. The number of aromatic nitrogens is 8. The minimum atomic E-state index is -0.880. The highest BCUT2D eigenvalue weighted by Crippen LogP contribution is 2.34. The zero-order chi connectivity index (χ0) is 41.6. The lowest BCUT2D eigenvalue weighted by Crippen LogP contribution is -2.52. The van der Waals surface area contributed by atoms with Crippen molar-refractivity contribution in [2.75, 3.05) is 27.3 Å². The van der Waals surface area contributed by atoms with Crippen LogP contribution in [0.2, 0.25) is 0 Å². The number of H-pyrrole nitrogens is 3. The number of alkyl carbamates (subject to hydrolysis) is 2. The topological polar surface area (TPSA) is 241 Å². The monoisotopic (exact) mass is 815 g/mol. The number of aromatic amines is 3. The predicted molar refractivity (Wildman–Crippen MR) is 217 cm³/mol. The van der Waals surface area contributed by atoms with Gasteiger partial charge in [-0.3, -0.25) is 14.6 Å². The lowest BCUT2D eigenvalue weighted by atomic mass is 9.96. The molecule has 2 aromatic carbocycles. The number of likely N-dealkylation sites (tertiary alicyclic amines) is 2. The van der Waals surface area contributed by atoms with Crippen LogP contribution in [0.25, 0.3) is 28.0 Å². The molecule has 60 heavy (non-hydrogen) atoms. The number of hydrogen-bond donors (Lipinski definition) is 5. The number of ether oxygens (including phenoxy) is 2. The SMILES string of the molecule is COC(=O)N[C@@H](Cc1cn[nH]n1)C(=O)N1CCC[C@H]1C1=NC=C(c2ccc(-c3ccc(-c4cnc([C@@H]5CCCN5C(=O)[C@H](Cc5cn[nH]n5)NC(=O)OC)[nH]4)cc3)cc2)C1. The largest absolute Gasteiger partial charge is 0.453 e. The zero-order valence-corrected chi connectivity index (χ0v) is 33.1. The molecule has 6 heterocycles. The van der Waals surface area contributed by atoms with Crippen LogP contribution in [-0.2, 0) is 31.9 Å². The van der Waals surface area contributed by atoms with Crippen molar-refractivity contribution in [2.45, 2.75) is 69.1 Å². The Kier molecular flexibility index (Phi) is 11.7. The maximum Gasteiger partial charge on any atom is 0.407 e. The van der Waals surface area contributed by atoms with Gasteiger partial charge in [0.15, 0.2) is 0 Å². The van der Waals surface area contributed by atoms with E-state index < -0.39 is 24.3 Å². The van der Waals surface area contributed by atoms with Gasteiger partial charge < -0.3 is 34.9 Å². The number of nitrogens with one attached hydrogen (secondary N) is 5. The number of amides is 4. The highest BCUT2D eigenvalue weighted by molar-refractivity contribution is 6.04. The van der Waals surface area contributed by atoms with Gasteiger partial charge >= 0.3 is 12.2 Å². The molecule has 5 N–H and O–H groups in total. The van der Waals surface area contributed by atoms with Crippen LogP contribution in [0, 0.1) is 0 Å². The molecule has 8 rings (SSSR count). The van der Waals surface area contributed by atoms with Crippen LogP contribution in [0.15, 0.2) is 78.3 Å². The van der Waals surface area contributed by atoms with E-state index in [-0.39, 0.29) is 36.7 Å². The summed E-state index contributed by atoms with van der Waals surface area (Å²) in [7, 11) is 2.52. The average molecular weight is 816 g/mol. The molecule has 3 aliphatic rings. The van der Waals surface area contributed by atoms with Crippen molar-refractivity contribution < 1.29 is 28.7 Å². The molecule has 19 nitrogen and oxygen atoms in total. The molecule has 310 valence electrons. The fraction of sp³-hybridized carbons (Fsp3) is 0.366. The third-order valence-corrected chi connectivity index (χ3v) is 11.2. The number of methoxy groups -OCH3 is 2. The number of nitrogens with zero attached hydrogens (tertiary/aromatic N) is 8. The Labute approximate surface area is 344 Å². The second kappa shape index (κ2) is 17.8. The van der Waals surface area contributed by atoms with Gasteiger partial charge in [-0.05, 0) is 53.5 Å². The number of imidazole rings is 1. The van der Waals surface area contributed by atoms with Gasteiger partial charge in [0.2, 0.25) is 11.8 Å². The second-order valence-electron chi connectivity index (χ2n) is 14.9. The Bertz CT molecular complexity index is 2360. The first-order valence-corrected chi connectivity index (χ1v) is 19.8. The lowest BCUT2D eigenvalue weighted by molar-refractivity contribution is -0.134. The Hall–Kier alpha value is -7.18. The molecule has 0 spiro atoms. The van der Waals surface area contributed by atoms with Crippen molar-refractivity contribution in [3.8, 4) is 22.4 Å². The quantitative estimate of drug-likeness (QED) is 0.115. The van der Waals surface area contributed by atoms with Gasteiger partial charge in [-0.1, -0.05) is 48.5 Å². The van der Waals surface area contributed by atoms with E-state index in [1.54, 1.807) is 11.1 Å². The summed E-state index contributed by atoms with van der Waals surface area (Å²) in [5.41, 5.74) is 8.03. The van der Waals surface area contributed by atoms with Crippen LogP contribution in [0.1, 0.15) is 60.9 Å². The number of aliphatic imine (C=N–C) groups is 1. The Morgan fingerprint density at radius 2 is 1.23 bits per heavy atom. The average Bonchev–Trinajstić information content (AvgIpc) is 4.12. The van der Waals surface area contributed by atoms with Crippen LogP contribution in [0.5, 0.6) is 0 Å². The molecule has 0 radical (unpaired) electrons. The first kappa shape index (κ1) is 39.6. The number of rotatable bonds is 13. The first-order valence-electron chi connectivity index (χ1n) is 19.8. The van der Waals surface area contributed by atoms with Gasteiger partial charge in [0.25, 0.3) is 0 Å². The van der Waals surface area contributed by atoms with Crippen molar-refractivity contribution >= 4 is 35.3 Å². The summed E-state index contributed by atoms with van der Waals surface area (Å²) in [6.45, 7) is 1.09. The number of hydrogen-bond acceptors (Lipinski definition) is 12. The van der Waals surface area contributed by atoms with Gasteiger partial charge in [-0.25, -0.2) is 14.6 Å². The van der Waals surface area contributed by atoms with E-state index in [0.717, 1.165) is 64.9 Å². The first-order chi connectivity index (χ1) is 29.3. The molecular formula is C41H45N13O6. The molecule has 4 amide bonds. The molecule has 3 aromatic heterocycles. The summed E-state index contributed by atoms with van der Waals surface area (Å²) in [4.78, 5) is 68.3. The van der Waals surface area contributed by atoms with E-state index in [2.05, 4.69) is 87.8 Å². The molecule has 0 saturated carbocycles. The van der Waals surface area contributed by atoms with Crippen LogP contribution >= 0.6 is 0 Å². The van der Waals surface area contributed by atoms with Crippen molar-refractivity contribution in [3.05, 3.63) is 96.1 Å². The molecule has 2 saturated heterocycles. The fourth-order valence-corrected chi connectivity index (χ4v) is 8.16. The summed E-state index contributed by atoms with van der Waals surface area (Å²) in [5, 5.41) is 26.2. The van der Waals surface area contributed by atoms with E-state index in [0.29, 0.717) is 36.7 Å². The van der Waals surface area contributed by atoms with Crippen LogP contribution in [0.3, 0.4) is 0 Å². The Balaban J connectivity index is 0.885. The zero-order valence-electron chi connectivity index (χ0n) is 33.1. The summed E-state index contributed by atoms with van der Waals surface area (Å²) in [5.74, 6) is 0.222. The predicted octanol–water partition coefficient (Wildman–Crippen LogP) is 3.75. The van der Waals surface area contributed by atoms with Gasteiger partial charge in [0.1, 0.15) is 17.9 Å². The number of carbonyl (C=O) groups excluding carboxylic acids is 4. The lowest BCUT2D eigenvalue weighted by Gasteiger charge is -2.29. The van der Waals surface area contributed by atoms with Gasteiger partial charge in [0.05, 0.1) is 62.0 Å². The minimum Gasteiger partial charge on any atom is -0.453 e. The van der Waals surface area contributed by atoms with Crippen LogP contribution in [0.4, 0.5) is 9.59 Å². The molecule has 0 aliphatic carbocycles. The highest BCUT2D eigenvalue weighted by Gasteiger charge is 2.39. The molecule has 0 unspecified atom stereocenters. The van der Waals surface area contributed by atoms with Crippen molar-refractivity contribution in [3.63, 3.8) is 0 Å². The van der Waals surface area contributed by atoms with E-state index in [1.807, 2.05) is 23.2 Å². The standard InChI is InChI=1S/C41H45N13O6/c1-59-40(57)47-32(18-29-21-44-51-49-29)38(55)53-15-3-5-35(53)31-17-28(20-42-31)26-9-7-24(8-10-26)25-11-13-27(14-12-25)34-23-43-37(46-34)36-6-4-16-54(36)39(56)33(48-41(58)60-2)19-30-22-45-52-50-30/h7-14,20-23,32-33,35-36H,3-6,15-19H2,1-2H3,(H,43,46)(H,47,57)(H,48,58)(H,44,49,51)(H,45,50,52)/t32-,33-,35-,36-/m0/s1. The van der Waals surface area contributed by atoms with E-state index in [9.17, 15) is 19.2 Å². The molecular weight excluding hydrogens is 771 g/mol. The summed E-state index contributed by atoms with van der Waals surface area (Å²) < 4.78 is 9.57. The Morgan fingerprint density at radius 1 is 0.717 bits per heavy atom. The van der Waals surface area contributed by atoms with E-state index in [4.69, 9.17) is 14.5 Å². The van der Waals surface area contributed by atoms with Crippen LogP contribution < -0.4 is 10.6 Å². The smallest absolute Gasteiger partial charge is 0.407 e. The summed E-state index contributed by atoms with van der Waals surface area (Å²) in [6.07, 6.45) is 9.43.